The number of rotatable bonds is 5. The van der Waals surface area contributed by atoms with Crippen LogP contribution in [-0.2, 0) is 21.3 Å². The van der Waals surface area contributed by atoms with E-state index in [1.807, 2.05) is 20.0 Å². The molecule has 2 rings (SSSR count). The van der Waals surface area contributed by atoms with E-state index >= 15 is 0 Å². The summed E-state index contributed by atoms with van der Waals surface area (Å²) in [7, 11) is -1.69. The van der Waals surface area contributed by atoms with Crippen LogP contribution in [0.4, 0.5) is 0 Å². The Hall–Kier alpha value is -0.470. The van der Waals surface area contributed by atoms with Gasteiger partial charge in [-0.2, -0.15) is 0 Å². The molecule has 118 valence electrons. The Bertz CT molecular complexity index is 598. The van der Waals surface area contributed by atoms with Crippen LogP contribution in [0.15, 0.2) is 21.5 Å². The molecule has 0 amide bonds. The summed E-state index contributed by atoms with van der Waals surface area (Å²) in [6, 6.07) is 3.65. The third-order valence-corrected chi connectivity index (χ3v) is 6.35. The van der Waals surface area contributed by atoms with Crippen molar-refractivity contribution in [1.82, 2.24) is 10.0 Å². The number of aryl methyl sites for hydroxylation is 1. The van der Waals surface area contributed by atoms with E-state index in [0.29, 0.717) is 42.0 Å². The summed E-state index contributed by atoms with van der Waals surface area (Å²) in [6.07, 6.45) is 1.43. The predicted octanol–water partition coefficient (Wildman–Crippen LogP) is 1.93. The van der Waals surface area contributed by atoms with E-state index in [2.05, 4.69) is 26.0 Å². The van der Waals surface area contributed by atoms with Crippen LogP contribution in [0.25, 0.3) is 0 Å². The highest BCUT2D eigenvalue weighted by molar-refractivity contribution is 9.10. The third kappa shape index (κ3) is 4.26. The molecule has 0 aliphatic carbocycles. The zero-order valence-electron chi connectivity index (χ0n) is 12.3. The second-order valence-electron chi connectivity index (χ2n) is 5.26. The summed E-state index contributed by atoms with van der Waals surface area (Å²) in [5.41, 5.74) is 1.86. The number of benzene rings is 1. The average molecular weight is 377 g/mol. The minimum Gasteiger partial charge on any atom is -0.381 e. The van der Waals surface area contributed by atoms with Crippen LogP contribution in [-0.4, -0.2) is 34.7 Å². The van der Waals surface area contributed by atoms with Gasteiger partial charge < -0.3 is 10.1 Å². The van der Waals surface area contributed by atoms with Crippen LogP contribution in [0.3, 0.4) is 0 Å². The monoisotopic (exact) mass is 376 g/mol. The minimum atomic E-state index is -3.53. The Balaban J connectivity index is 2.29. The summed E-state index contributed by atoms with van der Waals surface area (Å²) in [5.74, 6) is 0. The van der Waals surface area contributed by atoms with Crippen molar-refractivity contribution in [3.05, 3.63) is 27.7 Å². The Kier molecular flexibility index (Phi) is 5.79. The van der Waals surface area contributed by atoms with E-state index in [9.17, 15) is 8.42 Å². The van der Waals surface area contributed by atoms with Crippen LogP contribution in [0.5, 0.6) is 0 Å². The van der Waals surface area contributed by atoms with Gasteiger partial charge in [-0.3, -0.25) is 0 Å². The number of nitrogens with one attached hydrogen (secondary N) is 2. The first-order valence-electron chi connectivity index (χ1n) is 6.97. The molecule has 5 nitrogen and oxygen atoms in total. The molecule has 1 aliphatic rings. The van der Waals surface area contributed by atoms with Gasteiger partial charge in [-0.1, -0.05) is 6.07 Å². The summed E-state index contributed by atoms with van der Waals surface area (Å²) in [5, 5.41) is 3.04. The van der Waals surface area contributed by atoms with Crippen molar-refractivity contribution in [3.8, 4) is 0 Å². The summed E-state index contributed by atoms with van der Waals surface area (Å²) in [6.45, 7) is 3.74. The number of sulfonamides is 1. The molecule has 1 heterocycles. The highest BCUT2D eigenvalue weighted by Crippen LogP contribution is 2.28. The van der Waals surface area contributed by atoms with Gasteiger partial charge in [0.1, 0.15) is 0 Å². The number of halogens is 1. The van der Waals surface area contributed by atoms with Gasteiger partial charge in [-0.15, -0.1) is 0 Å². The number of hydrogen-bond acceptors (Lipinski definition) is 4. The third-order valence-electron chi connectivity index (χ3n) is 3.49. The number of hydrogen-bond donors (Lipinski definition) is 2. The second kappa shape index (κ2) is 7.19. The summed E-state index contributed by atoms with van der Waals surface area (Å²) >= 11 is 3.40. The van der Waals surface area contributed by atoms with Crippen LogP contribution in [0.2, 0.25) is 0 Å². The standard InChI is InChI=1S/C14H21BrN2O3S/c1-10-7-11(9-16-2)8-13(14(10)15)21(18,19)17-12-3-5-20-6-4-12/h7-8,12,16-17H,3-6,9H2,1-2H3. The van der Waals surface area contributed by atoms with Crippen LogP contribution in [0, 0.1) is 6.92 Å². The minimum absolute atomic E-state index is 0.0519. The Morgan fingerprint density at radius 2 is 2.00 bits per heavy atom. The molecule has 1 saturated heterocycles. The molecule has 21 heavy (non-hydrogen) atoms. The SMILES string of the molecule is CNCc1cc(C)c(Br)c(S(=O)(=O)NC2CCOCC2)c1. The first-order valence-corrected chi connectivity index (χ1v) is 9.25. The van der Waals surface area contributed by atoms with E-state index < -0.39 is 10.0 Å². The van der Waals surface area contributed by atoms with Crippen molar-refractivity contribution >= 4 is 26.0 Å². The van der Waals surface area contributed by atoms with Crippen molar-refractivity contribution in [2.45, 2.75) is 37.2 Å². The molecule has 1 fully saturated rings. The maximum Gasteiger partial charge on any atom is 0.241 e. The van der Waals surface area contributed by atoms with Crippen LogP contribution in [0.1, 0.15) is 24.0 Å². The van der Waals surface area contributed by atoms with E-state index in [0.717, 1.165) is 11.1 Å². The van der Waals surface area contributed by atoms with Gasteiger partial charge in [0.15, 0.2) is 0 Å². The number of ether oxygens (including phenoxy) is 1. The van der Waals surface area contributed by atoms with Crippen molar-refractivity contribution in [3.63, 3.8) is 0 Å². The largest absolute Gasteiger partial charge is 0.381 e. The highest BCUT2D eigenvalue weighted by Gasteiger charge is 2.25. The van der Waals surface area contributed by atoms with Crippen molar-refractivity contribution in [2.24, 2.45) is 0 Å². The Morgan fingerprint density at radius 3 is 2.62 bits per heavy atom. The first kappa shape index (κ1) is 16.9. The van der Waals surface area contributed by atoms with Crippen molar-refractivity contribution < 1.29 is 13.2 Å². The lowest BCUT2D eigenvalue weighted by Crippen LogP contribution is -2.39. The van der Waals surface area contributed by atoms with E-state index in [4.69, 9.17) is 4.74 Å². The smallest absolute Gasteiger partial charge is 0.241 e. The lowest BCUT2D eigenvalue weighted by Gasteiger charge is -2.23. The lowest BCUT2D eigenvalue weighted by atomic mass is 10.1. The molecule has 0 bridgehead atoms. The zero-order valence-corrected chi connectivity index (χ0v) is 14.7. The van der Waals surface area contributed by atoms with Gasteiger partial charge in [-0.25, -0.2) is 13.1 Å². The molecule has 2 N–H and O–H groups in total. The van der Waals surface area contributed by atoms with Gasteiger partial charge in [-0.05, 0) is 59.9 Å². The summed E-state index contributed by atoms with van der Waals surface area (Å²) < 4.78 is 33.9. The lowest BCUT2D eigenvalue weighted by molar-refractivity contribution is 0.0832. The molecule has 1 aromatic rings. The van der Waals surface area contributed by atoms with E-state index in [-0.39, 0.29) is 6.04 Å². The van der Waals surface area contributed by atoms with Gasteiger partial charge in [0.2, 0.25) is 10.0 Å². The fourth-order valence-corrected chi connectivity index (χ4v) is 4.78. The fourth-order valence-electron chi connectivity index (χ4n) is 2.41. The topological polar surface area (TPSA) is 67.4 Å². The fraction of sp³-hybridized carbons (Fsp3) is 0.571. The normalized spacial score (nSPS) is 17.1. The molecular formula is C14H21BrN2O3S. The maximum absolute atomic E-state index is 12.6. The summed E-state index contributed by atoms with van der Waals surface area (Å²) in [4.78, 5) is 0.305. The van der Waals surface area contributed by atoms with Crippen molar-refractivity contribution in [1.29, 1.82) is 0 Å². The first-order chi connectivity index (χ1) is 9.94. The molecule has 0 saturated carbocycles. The molecule has 0 spiro atoms. The quantitative estimate of drug-likeness (QED) is 0.823. The second-order valence-corrected chi connectivity index (χ2v) is 7.74. The molecule has 0 radical (unpaired) electrons. The Morgan fingerprint density at radius 1 is 1.33 bits per heavy atom. The molecule has 0 atom stereocenters. The molecule has 0 unspecified atom stereocenters. The molecule has 1 aromatic carbocycles. The maximum atomic E-state index is 12.6. The van der Waals surface area contributed by atoms with Gasteiger partial charge in [0, 0.05) is 30.3 Å². The zero-order chi connectivity index (χ0) is 15.5. The van der Waals surface area contributed by atoms with Gasteiger partial charge in [0.25, 0.3) is 0 Å². The van der Waals surface area contributed by atoms with Gasteiger partial charge >= 0.3 is 0 Å². The molecule has 1 aliphatic heterocycles. The average Bonchev–Trinajstić information content (AvgIpc) is 2.43. The van der Waals surface area contributed by atoms with Gasteiger partial charge in [0.05, 0.1) is 4.90 Å². The molecule has 0 aromatic heterocycles. The van der Waals surface area contributed by atoms with Crippen LogP contribution < -0.4 is 10.0 Å². The van der Waals surface area contributed by atoms with Crippen LogP contribution >= 0.6 is 15.9 Å². The molecule has 7 heteroatoms. The van der Waals surface area contributed by atoms with E-state index in [1.165, 1.54) is 0 Å². The Labute approximate surface area is 134 Å². The highest BCUT2D eigenvalue weighted by atomic mass is 79.9. The predicted molar refractivity (Wildman–Crippen MR) is 85.8 cm³/mol. The van der Waals surface area contributed by atoms with Crippen molar-refractivity contribution in [2.75, 3.05) is 20.3 Å². The van der Waals surface area contributed by atoms with E-state index in [1.54, 1.807) is 6.07 Å². The molecular weight excluding hydrogens is 356 g/mol.